The average Bonchev–Trinajstić information content (AvgIpc) is 3.03. The van der Waals surface area contributed by atoms with Gasteiger partial charge in [0.15, 0.2) is 0 Å². The van der Waals surface area contributed by atoms with Gasteiger partial charge in [-0.25, -0.2) is 0 Å². The summed E-state index contributed by atoms with van der Waals surface area (Å²) in [6.07, 6.45) is 5.11. The van der Waals surface area contributed by atoms with Crippen LogP contribution >= 0.6 is 0 Å². The third-order valence-corrected chi connectivity index (χ3v) is 5.45. The molecule has 1 amide bonds. The van der Waals surface area contributed by atoms with Crippen molar-refractivity contribution < 1.29 is 9.32 Å². The highest BCUT2D eigenvalue weighted by molar-refractivity contribution is 5.94. The number of hydrogen-bond donors (Lipinski definition) is 1. The minimum absolute atomic E-state index is 0.0265. The Labute approximate surface area is 149 Å². The molecule has 5 heteroatoms. The average molecular weight is 341 g/mol. The Bertz CT molecular complexity index is 744. The van der Waals surface area contributed by atoms with Gasteiger partial charge in [0.05, 0.1) is 11.3 Å². The lowest BCUT2D eigenvalue weighted by Gasteiger charge is -2.52. The molecule has 3 rings (SSSR count). The maximum absolute atomic E-state index is 12.3. The van der Waals surface area contributed by atoms with E-state index >= 15 is 0 Å². The van der Waals surface area contributed by atoms with Crippen LogP contribution in [-0.2, 0) is 11.8 Å². The smallest absolute Gasteiger partial charge is 0.253 e. The molecule has 2 heterocycles. The fraction of sp³-hybridized carbons (Fsp3) is 0.550. The van der Waals surface area contributed by atoms with E-state index in [1.54, 1.807) is 24.5 Å². The van der Waals surface area contributed by atoms with E-state index in [0.717, 1.165) is 24.3 Å². The molecule has 0 unspecified atom stereocenters. The van der Waals surface area contributed by atoms with Gasteiger partial charge < -0.3 is 9.84 Å². The zero-order valence-electron chi connectivity index (χ0n) is 15.7. The highest BCUT2D eigenvalue weighted by Crippen LogP contribution is 2.48. The van der Waals surface area contributed by atoms with Crippen molar-refractivity contribution in [3.05, 3.63) is 47.6 Å². The normalized spacial score (nSPS) is 22.3. The fourth-order valence-electron chi connectivity index (χ4n) is 3.36. The molecule has 0 aliphatic heterocycles. The van der Waals surface area contributed by atoms with Gasteiger partial charge >= 0.3 is 0 Å². The van der Waals surface area contributed by atoms with Crippen molar-refractivity contribution in [1.29, 1.82) is 0 Å². The van der Waals surface area contributed by atoms with E-state index in [0.29, 0.717) is 11.5 Å². The molecule has 2 aromatic heterocycles. The molecule has 1 aliphatic carbocycles. The topological polar surface area (TPSA) is 68.0 Å². The van der Waals surface area contributed by atoms with Crippen molar-refractivity contribution in [2.75, 3.05) is 0 Å². The fourth-order valence-corrected chi connectivity index (χ4v) is 3.36. The zero-order valence-corrected chi connectivity index (χ0v) is 15.7. The maximum atomic E-state index is 12.3. The van der Waals surface area contributed by atoms with Crippen LogP contribution in [0.2, 0.25) is 0 Å². The van der Waals surface area contributed by atoms with Crippen molar-refractivity contribution >= 4 is 5.91 Å². The number of rotatable bonds is 4. The Morgan fingerprint density at radius 2 is 2.16 bits per heavy atom. The third-order valence-electron chi connectivity index (χ3n) is 5.45. The lowest BCUT2D eigenvalue weighted by molar-refractivity contribution is 0.0138. The van der Waals surface area contributed by atoms with Crippen LogP contribution in [0.25, 0.3) is 0 Å². The molecule has 0 radical (unpaired) electrons. The lowest BCUT2D eigenvalue weighted by Crippen LogP contribution is -2.58. The van der Waals surface area contributed by atoms with Gasteiger partial charge in [-0.15, -0.1) is 0 Å². The molecular weight excluding hydrogens is 314 g/mol. The molecule has 1 aliphatic rings. The van der Waals surface area contributed by atoms with E-state index in [2.05, 4.69) is 56.1 Å². The van der Waals surface area contributed by atoms with E-state index in [4.69, 9.17) is 4.52 Å². The molecule has 134 valence electrons. The minimum Gasteiger partial charge on any atom is -0.361 e. The SMILES string of the molecule is CC(C)(C)c1cc(C[C@@H]2C[C@H](NC(=O)c3cccnc3)C2(C)C)no1. The number of nitrogens with one attached hydrogen (secondary N) is 1. The van der Waals surface area contributed by atoms with Crippen molar-refractivity contribution in [2.24, 2.45) is 11.3 Å². The summed E-state index contributed by atoms with van der Waals surface area (Å²) >= 11 is 0. The van der Waals surface area contributed by atoms with Gasteiger partial charge in [-0.05, 0) is 36.3 Å². The number of pyridine rings is 1. The molecule has 0 saturated heterocycles. The van der Waals surface area contributed by atoms with Crippen LogP contribution in [0.3, 0.4) is 0 Å². The molecule has 1 N–H and O–H groups in total. The van der Waals surface area contributed by atoms with Crippen molar-refractivity contribution in [3.8, 4) is 0 Å². The summed E-state index contributed by atoms with van der Waals surface area (Å²) in [4.78, 5) is 16.3. The Balaban J connectivity index is 1.60. The van der Waals surface area contributed by atoms with E-state index in [9.17, 15) is 4.79 Å². The van der Waals surface area contributed by atoms with E-state index in [1.807, 2.05) is 0 Å². The van der Waals surface area contributed by atoms with Crippen molar-refractivity contribution in [3.63, 3.8) is 0 Å². The van der Waals surface area contributed by atoms with Crippen molar-refractivity contribution in [2.45, 2.75) is 58.9 Å². The highest BCUT2D eigenvalue weighted by Gasteiger charge is 2.48. The van der Waals surface area contributed by atoms with Crippen LogP contribution < -0.4 is 5.32 Å². The molecule has 1 fully saturated rings. The Kier molecular flexibility index (Phi) is 4.43. The first-order chi connectivity index (χ1) is 11.7. The maximum Gasteiger partial charge on any atom is 0.253 e. The van der Waals surface area contributed by atoms with Gasteiger partial charge in [0, 0.05) is 29.9 Å². The van der Waals surface area contributed by atoms with E-state index < -0.39 is 0 Å². The second kappa shape index (κ2) is 6.28. The monoisotopic (exact) mass is 341 g/mol. The second-order valence-corrected chi connectivity index (χ2v) is 8.66. The van der Waals surface area contributed by atoms with Crippen LogP contribution in [0.15, 0.2) is 35.1 Å². The lowest BCUT2D eigenvalue weighted by atomic mass is 9.57. The summed E-state index contributed by atoms with van der Waals surface area (Å²) in [7, 11) is 0. The van der Waals surface area contributed by atoms with Gasteiger partial charge in [-0.3, -0.25) is 9.78 Å². The predicted octanol–water partition coefficient (Wildman–Crippen LogP) is 3.75. The molecule has 2 aromatic rings. The second-order valence-electron chi connectivity index (χ2n) is 8.66. The van der Waals surface area contributed by atoms with Crippen LogP contribution in [0.1, 0.15) is 62.9 Å². The molecule has 0 aromatic carbocycles. The minimum atomic E-state index is -0.0546. The Hall–Kier alpha value is -2.17. The van der Waals surface area contributed by atoms with Crippen LogP contribution in [-0.4, -0.2) is 22.1 Å². The Morgan fingerprint density at radius 1 is 1.40 bits per heavy atom. The number of carbonyl (C=O) groups excluding carboxylic acids is 1. The van der Waals surface area contributed by atoms with E-state index in [1.165, 1.54) is 0 Å². The largest absolute Gasteiger partial charge is 0.361 e. The number of aromatic nitrogens is 2. The Morgan fingerprint density at radius 3 is 2.72 bits per heavy atom. The van der Waals surface area contributed by atoms with Gasteiger partial charge in [-0.2, -0.15) is 0 Å². The van der Waals surface area contributed by atoms with Gasteiger partial charge in [0.2, 0.25) is 0 Å². The molecule has 2 atom stereocenters. The summed E-state index contributed by atoms with van der Waals surface area (Å²) in [6.45, 7) is 10.8. The molecule has 25 heavy (non-hydrogen) atoms. The van der Waals surface area contributed by atoms with Crippen LogP contribution in [0.5, 0.6) is 0 Å². The molecule has 0 spiro atoms. The first kappa shape index (κ1) is 17.6. The summed E-state index contributed by atoms with van der Waals surface area (Å²) < 4.78 is 5.49. The third kappa shape index (κ3) is 3.60. The van der Waals surface area contributed by atoms with Crippen LogP contribution in [0, 0.1) is 11.3 Å². The van der Waals surface area contributed by atoms with Crippen LogP contribution in [0.4, 0.5) is 0 Å². The summed E-state index contributed by atoms with van der Waals surface area (Å²) in [5, 5.41) is 7.38. The quantitative estimate of drug-likeness (QED) is 0.919. The van der Waals surface area contributed by atoms with Gasteiger partial charge in [0.25, 0.3) is 5.91 Å². The molecule has 1 saturated carbocycles. The highest BCUT2D eigenvalue weighted by atomic mass is 16.5. The zero-order chi connectivity index (χ0) is 18.2. The first-order valence-electron chi connectivity index (χ1n) is 8.85. The first-order valence-corrected chi connectivity index (χ1v) is 8.85. The summed E-state index contributed by atoms with van der Waals surface area (Å²) in [5.41, 5.74) is 1.60. The molecular formula is C20H27N3O2. The van der Waals surface area contributed by atoms with Gasteiger partial charge in [-0.1, -0.05) is 39.8 Å². The van der Waals surface area contributed by atoms with Gasteiger partial charge in [0.1, 0.15) is 5.76 Å². The molecule has 5 nitrogen and oxygen atoms in total. The number of carbonyl (C=O) groups is 1. The summed E-state index contributed by atoms with van der Waals surface area (Å²) in [6, 6.07) is 5.80. The summed E-state index contributed by atoms with van der Waals surface area (Å²) in [5.74, 6) is 1.34. The van der Waals surface area contributed by atoms with Crippen molar-refractivity contribution in [1.82, 2.24) is 15.5 Å². The number of amides is 1. The standard InChI is InChI=1S/C20H27N3O2/c1-19(2,3)17-11-15(23-25-17)9-14-10-16(20(14,4)5)22-18(24)13-7-6-8-21-12-13/h6-8,11-12,14,16H,9-10H2,1-5H3,(H,22,24)/t14-,16+/m1/s1. The number of nitrogens with zero attached hydrogens (tertiary/aromatic N) is 2. The predicted molar refractivity (Wildman–Crippen MR) is 96.3 cm³/mol. The number of hydrogen-bond acceptors (Lipinski definition) is 4. The van der Waals surface area contributed by atoms with E-state index in [-0.39, 0.29) is 22.8 Å². The molecule has 0 bridgehead atoms.